The Labute approximate surface area is 178 Å². The largest absolute Gasteiger partial charge is 0.497 e. The average Bonchev–Trinajstić information content (AvgIpc) is 2.79. The van der Waals surface area contributed by atoms with Crippen molar-refractivity contribution in [2.24, 2.45) is 0 Å². The van der Waals surface area contributed by atoms with Crippen LogP contribution < -0.4 is 19.5 Å². The zero-order chi connectivity index (χ0) is 22.2. The molecule has 0 atom stereocenters. The number of benzene rings is 3. The Hall–Kier alpha value is -4.07. The Morgan fingerprint density at radius 3 is 2.06 bits per heavy atom. The first kappa shape index (κ1) is 21.6. The van der Waals surface area contributed by atoms with E-state index in [0.29, 0.717) is 28.7 Å². The molecule has 0 bridgehead atoms. The lowest BCUT2D eigenvalue weighted by molar-refractivity contribution is -0.119. The Kier molecular flexibility index (Phi) is 7.05. The van der Waals surface area contributed by atoms with Crippen LogP contribution in [-0.2, 0) is 9.53 Å². The second-order valence-corrected chi connectivity index (χ2v) is 6.27. The summed E-state index contributed by atoms with van der Waals surface area (Å²) in [6.07, 6.45) is 0. The summed E-state index contributed by atoms with van der Waals surface area (Å²) < 4.78 is 33.9. The van der Waals surface area contributed by atoms with Crippen molar-refractivity contribution < 1.29 is 32.9 Å². The maximum atomic E-state index is 12.9. The molecule has 1 N–H and O–H groups in total. The van der Waals surface area contributed by atoms with Crippen LogP contribution in [0.3, 0.4) is 0 Å². The summed E-state index contributed by atoms with van der Waals surface area (Å²) in [5.41, 5.74) is 0.674. The number of carbonyl (C=O) groups is 2. The smallest absolute Gasteiger partial charge is 0.338 e. The monoisotopic (exact) mass is 425 g/mol. The zero-order valence-electron chi connectivity index (χ0n) is 16.9. The third kappa shape index (κ3) is 5.96. The molecule has 7 nitrogen and oxygen atoms in total. The standard InChI is InChI=1S/C23H20FNO6/c1-28-19-11-12-20(21(13-19)29-2)25-22(26)14-30-23(27)15-3-7-17(8-4-15)31-18-9-5-16(24)6-10-18/h3-13H,14H2,1-2H3,(H,25,26). The Morgan fingerprint density at radius 1 is 0.839 bits per heavy atom. The van der Waals surface area contributed by atoms with E-state index in [1.165, 1.54) is 50.6 Å². The molecule has 0 heterocycles. The van der Waals surface area contributed by atoms with Crippen LogP contribution in [0.5, 0.6) is 23.0 Å². The molecule has 0 aliphatic heterocycles. The van der Waals surface area contributed by atoms with Crippen LogP contribution in [0.2, 0.25) is 0 Å². The van der Waals surface area contributed by atoms with Crippen molar-refractivity contribution in [2.75, 3.05) is 26.1 Å². The Morgan fingerprint density at radius 2 is 1.45 bits per heavy atom. The fourth-order valence-corrected chi connectivity index (χ4v) is 2.60. The molecular formula is C23H20FNO6. The zero-order valence-corrected chi connectivity index (χ0v) is 16.9. The predicted octanol–water partition coefficient (Wildman–Crippen LogP) is 4.43. The van der Waals surface area contributed by atoms with Gasteiger partial charge in [-0.25, -0.2) is 9.18 Å². The number of anilines is 1. The molecular weight excluding hydrogens is 405 g/mol. The highest BCUT2D eigenvalue weighted by Gasteiger charge is 2.13. The van der Waals surface area contributed by atoms with Crippen molar-refractivity contribution in [1.29, 1.82) is 0 Å². The van der Waals surface area contributed by atoms with Crippen molar-refractivity contribution in [1.82, 2.24) is 0 Å². The van der Waals surface area contributed by atoms with Crippen LogP contribution >= 0.6 is 0 Å². The maximum Gasteiger partial charge on any atom is 0.338 e. The summed E-state index contributed by atoms with van der Waals surface area (Å²) in [5, 5.41) is 2.62. The molecule has 160 valence electrons. The topological polar surface area (TPSA) is 83.1 Å². The van der Waals surface area contributed by atoms with Gasteiger partial charge in [-0.2, -0.15) is 0 Å². The van der Waals surface area contributed by atoms with E-state index >= 15 is 0 Å². The lowest BCUT2D eigenvalue weighted by Crippen LogP contribution is -2.21. The average molecular weight is 425 g/mol. The van der Waals surface area contributed by atoms with Gasteiger partial charge in [0.1, 0.15) is 28.8 Å². The molecule has 0 fully saturated rings. The lowest BCUT2D eigenvalue weighted by atomic mass is 10.2. The van der Waals surface area contributed by atoms with Crippen molar-refractivity contribution in [3.63, 3.8) is 0 Å². The first-order valence-electron chi connectivity index (χ1n) is 9.21. The predicted molar refractivity (Wildman–Crippen MR) is 111 cm³/mol. The fraction of sp³-hybridized carbons (Fsp3) is 0.130. The number of rotatable bonds is 8. The molecule has 3 rings (SSSR count). The quantitative estimate of drug-likeness (QED) is 0.538. The SMILES string of the molecule is COc1ccc(NC(=O)COC(=O)c2ccc(Oc3ccc(F)cc3)cc2)c(OC)c1. The van der Waals surface area contributed by atoms with Crippen molar-refractivity contribution in [2.45, 2.75) is 0 Å². The maximum absolute atomic E-state index is 12.9. The minimum absolute atomic E-state index is 0.251. The minimum atomic E-state index is -0.662. The summed E-state index contributed by atoms with van der Waals surface area (Å²) in [7, 11) is 2.99. The third-order valence-corrected chi connectivity index (χ3v) is 4.16. The molecule has 0 saturated carbocycles. The second-order valence-electron chi connectivity index (χ2n) is 6.27. The minimum Gasteiger partial charge on any atom is -0.497 e. The van der Waals surface area contributed by atoms with Gasteiger partial charge in [-0.05, 0) is 60.7 Å². The molecule has 0 aromatic heterocycles. The van der Waals surface area contributed by atoms with Crippen LogP contribution in [0, 0.1) is 5.82 Å². The summed E-state index contributed by atoms with van der Waals surface area (Å²) in [4.78, 5) is 24.3. The fourth-order valence-electron chi connectivity index (χ4n) is 2.60. The van der Waals surface area contributed by atoms with Crippen molar-refractivity contribution in [3.8, 4) is 23.0 Å². The number of halogens is 1. The summed E-state index contributed by atoms with van der Waals surface area (Å²) in [5.74, 6) is 0.372. The summed E-state index contributed by atoms with van der Waals surface area (Å²) in [6, 6.07) is 16.6. The highest BCUT2D eigenvalue weighted by Crippen LogP contribution is 2.29. The molecule has 31 heavy (non-hydrogen) atoms. The number of methoxy groups -OCH3 is 2. The molecule has 0 radical (unpaired) electrons. The van der Waals surface area contributed by atoms with E-state index in [4.69, 9.17) is 18.9 Å². The van der Waals surface area contributed by atoms with Gasteiger partial charge in [0.2, 0.25) is 0 Å². The Bertz CT molecular complexity index is 1050. The van der Waals surface area contributed by atoms with Gasteiger partial charge < -0.3 is 24.3 Å². The number of ether oxygens (including phenoxy) is 4. The van der Waals surface area contributed by atoms with Gasteiger partial charge in [0.05, 0.1) is 25.5 Å². The first-order chi connectivity index (χ1) is 15.0. The molecule has 0 spiro atoms. The number of nitrogens with one attached hydrogen (secondary N) is 1. The van der Waals surface area contributed by atoms with E-state index < -0.39 is 18.5 Å². The van der Waals surface area contributed by atoms with Crippen LogP contribution in [0.25, 0.3) is 0 Å². The normalized spacial score (nSPS) is 10.2. The molecule has 3 aromatic carbocycles. The third-order valence-electron chi connectivity index (χ3n) is 4.16. The molecule has 1 amide bonds. The van der Waals surface area contributed by atoms with Crippen LogP contribution in [0.4, 0.5) is 10.1 Å². The number of esters is 1. The lowest BCUT2D eigenvalue weighted by Gasteiger charge is -2.12. The van der Waals surface area contributed by atoms with Gasteiger partial charge in [-0.1, -0.05) is 0 Å². The van der Waals surface area contributed by atoms with Gasteiger partial charge in [0.25, 0.3) is 5.91 Å². The van der Waals surface area contributed by atoms with E-state index in [2.05, 4.69) is 5.32 Å². The van der Waals surface area contributed by atoms with E-state index in [-0.39, 0.29) is 11.4 Å². The van der Waals surface area contributed by atoms with Crippen LogP contribution in [0.1, 0.15) is 10.4 Å². The number of carbonyl (C=O) groups excluding carboxylic acids is 2. The number of hydrogen-bond donors (Lipinski definition) is 1. The van der Waals surface area contributed by atoms with Crippen LogP contribution in [-0.4, -0.2) is 32.7 Å². The van der Waals surface area contributed by atoms with Gasteiger partial charge in [-0.15, -0.1) is 0 Å². The van der Waals surface area contributed by atoms with Crippen molar-refractivity contribution in [3.05, 3.63) is 78.1 Å². The van der Waals surface area contributed by atoms with E-state index in [9.17, 15) is 14.0 Å². The number of hydrogen-bond acceptors (Lipinski definition) is 6. The second kappa shape index (κ2) is 10.1. The van der Waals surface area contributed by atoms with Gasteiger partial charge in [0, 0.05) is 6.07 Å². The molecule has 0 unspecified atom stereocenters. The van der Waals surface area contributed by atoms with Crippen LogP contribution in [0.15, 0.2) is 66.7 Å². The molecule has 0 saturated heterocycles. The molecule has 3 aromatic rings. The van der Waals surface area contributed by atoms with Crippen molar-refractivity contribution >= 4 is 17.6 Å². The van der Waals surface area contributed by atoms with E-state index in [0.717, 1.165) is 0 Å². The first-order valence-corrected chi connectivity index (χ1v) is 9.21. The highest BCUT2D eigenvalue weighted by molar-refractivity contribution is 5.96. The number of amides is 1. The Balaban J connectivity index is 1.53. The summed E-state index contributed by atoms with van der Waals surface area (Å²) in [6.45, 7) is -0.470. The van der Waals surface area contributed by atoms with E-state index in [1.54, 1.807) is 30.3 Å². The molecule has 0 aliphatic carbocycles. The van der Waals surface area contributed by atoms with E-state index in [1.807, 2.05) is 0 Å². The molecule has 0 aliphatic rings. The van der Waals surface area contributed by atoms with Gasteiger partial charge in [0.15, 0.2) is 6.61 Å². The highest BCUT2D eigenvalue weighted by atomic mass is 19.1. The van der Waals surface area contributed by atoms with Gasteiger partial charge >= 0.3 is 5.97 Å². The summed E-state index contributed by atoms with van der Waals surface area (Å²) >= 11 is 0. The van der Waals surface area contributed by atoms with Gasteiger partial charge in [-0.3, -0.25) is 4.79 Å². The molecule has 8 heteroatoms.